The number of nitrogens with one attached hydrogen (secondary N) is 1. The fourth-order valence-corrected chi connectivity index (χ4v) is 2.98. The molecule has 0 fully saturated rings. The molecule has 1 aromatic rings. The summed E-state index contributed by atoms with van der Waals surface area (Å²) in [6, 6.07) is 8.73. The van der Waals surface area contributed by atoms with Gasteiger partial charge in [0, 0.05) is 37.8 Å². The maximum absolute atomic E-state index is 3.51. The van der Waals surface area contributed by atoms with Crippen LogP contribution >= 0.6 is 0 Å². The number of hydrogen-bond acceptors (Lipinski definition) is 2. The summed E-state index contributed by atoms with van der Waals surface area (Å²) < 4.78 is 0. The standard InChI is InChI=1S/C15H20N2/c1-12-5-4-8-17(10-12)11-13-9-16-15-7-3-2-6-14(13)15/h2-3,5-7,13,16H,4,8-11H2,1H3. The molecular formula is C15H20N2. The van der Waals surface area contributed by atoms with Gasteiger partial charge in [0.05, 0.1) is 0 Å². The van der Waals surface area contributed by atoms with E-state index < -0.39 is 0 Å². The predicted octanol–water partition coefficient (Wildman–Crippen LogP) is 2.85. The van der Waals surface area contributed by atoms with Crippen molar-refractivity contribution >= 4 is 5.69 Å². The van der Waals surface area contributed by atoms with Crippen molar-refractivity contribution < 1.29 is 0 Å². The molecule has 0 aromatic heterocycles. The zero-order chi connectivity index (χ0) is 11.7. The monoisotopic (exact) mass is 228 g/mol. The van der Waals surface area contributed by atoms with Crippen molar-refractivity contribution in [3.8, 4) is 0 Å². The van der Waals surface area contributed by atoms with Crippen LogP contribution < -0.4 is 5.32 Å². The summed E-state index contributed by atoms with van der Waals surface area (Å²) >= 11 is 0. The van der Waals surface area contributed by atoms with E-state index in [4.69, 9.17) is 0 Å². The van der Waals surface area contributed by atoms with Crippen molar-refractivity contribution in [1.29, 1.82) is 0 Å². The van der Waals surface area contributed by atoms with Gasteiger partial charge in [-0.1, -0.05) is 29.8 Å². The zero-order valence-corrected chi connectivity index (χ0v) is 10.4. The molecule has 90 valence electrons. The van der Waals surface area contributed by atoms with E-state index in [0.717, 1.165) is 13.1 Å². The molecule has 0 aliphatic carbocycles. The van der Waals surface area contributed by atoms with Gasteiger partial charge >= 0.3 is 0 Å². The van der Waals surface area contributed by atoms with Gasteiger partial charge in [-0.2, -0.15) is 0 Å². The molecule has 1 unspecified atom stereocenters. The quantitative estimate of drug-likeness (QED) is 0.783. The molecule has 1 atom stereocenters. The van der Waals surface area contributed by atoms with E-state index in [1.165, 1.54) is 36.3 Å². The Labute approximate surface area is 103 Å². The van der Waals surface area contributed by atoms with Gasteiger partial charge in [0.15, 0.2) is 0 Å². The lowest BCUT2D eigenvalue weighted by Crippen LogP contribution is -2.33. The van der Waals surface area contributed by atoms with Gasteiger partial charge in [0.25, 0.3) is 0 Å². The van der Waals surface area contributed by atoms with Crippen LogP contribution in [0.2, 0.25) is 0 Å². The number of benzene rings is 1. The summed E-state index contributed by atoms with van der Waals surface area (Å²) in [5.74, 6) is 0.664. The molecule has 1 N–H and O–H groups in total. The second-order valence-electron chi connectivity index (χ2n) is 5.24. The van der Waals surface area contributed by atoms with Gasteiger partial charge in [0.2, 0.25) is 0 Å². The summed E-state index contributed by atoms with van der Waals surface area (Å²) in [5, 5.41) is 3.51. The fraction of sp³-hybridized carbons (Fsp3) is 0.467. The largest absolute Gasteiger partial charge is 0.384 e. The number of fused-ring (bicyclic) bond motifs is 1. The lowest BCUT2D eigenvalue weighted by Gasteiger charge is -2.28. The van der Waals surface area contributed by atoms with E-state index in [2.05, 4.69) is 47.5 Å². The number of para-hydroxylation sites is 1. The minimum absolute atomic E-state index is 0.664. The Bertz CT molecular complexity index is 436. The molecule has 2 aliphatic rings. The lowest BCUT2D eigenvalue weighted by atomic mass is 9.99. The molecule has 2 nitrogen and oxygen atoms in total. The summed E-state index contributed by atoms with van der Waals surface area (Å²) in [7, 11) is 0. The van der Waals surface area contributed by atoms with Crippen LogP contribution in [-0.4, -0.2) is 31.1 Å². The van der Waals surface area contributed by atoms with Crippen LogP contribution in [0.15, 0.2) is 35.9 Å². The number of anilines is 1. The lowest BCUT2D eigenvalue weighted by molar-refractivity contribution is 0.276. The normalized spacial score (nSPS) is 24.1. The van der Waals surface area contributed by atoms with Crippen LogP contribution in [-0.2, 0) is 0 Å². The first-order valence-corrected chi connectivity index (χ1v) is 6.54. The maximum Gasteiger partial charge on any atom is 0.0376 e. The molecule has 17 heavy (non-hydrogen) atoms. The van der Waals surface area contributed by atoms with E-state index in [-0.39, 0.29) is 0 Å². The van der Waals surface area contributed by atoms with Crippen LogP contribution in [0.1, 0.15) is 24.8 Å². The molecule has 2 aliphatic heterocycles. The highest BCUT2D eigenvalue weighted by Crippen LogP contribution is 2.31. The molecule has 0 spiro atoms. The van der Waals surface area contributed by atoms with Crippen LogP contribution in [0.25, 0.3) is 0 Å². The third-order valence-electron chi connectivity index (χ3n) is 3.83. The Hall–Kier alpha value is -1.28. The third-order valence-corrected chi connectivity index (χ3v) is 3.83. The SMILES string of the molecule is CC1=CCCN(CC2CNc3ccccc32)C1. The van der Waals surface area contributed by atoms with Gasteiger partial charge in [-0.15, -0.1) is 0 Å². The zero-order valence-electron chi connectivity index (χ0n) is 10.4. The van der Waals surface area contributed by atoms with Crippen LogP contribution in [0.5, 0.6) is 0 Å². The molecule has 0 saturated carbocycles. The van der Waals surface area contributed by atoms with Gasteiger partial charge in [-0.25, -0.2) is 0 Å². The Morgan fingerprint density at radius 1 is 1.35 bits per heavy atom. The molecule has 3 rings (SSSR count). The van der Waals surface area contributed by atoms with Crippen LogP contribution in [0.4, 0.5) is 5.69 Å². The van der Waals surface area contributed by atoms with Gasteiger partial charge < -0.3 is 5.32 Å². The minimum Gasteiger partial charge on any atom is -0.384 e. The summed E-state index contributed by atoms with van der Waals surface area (Å²) in [6.07, 6.45) is 3.59. The highest BCUT2D eigenvalue weighted by Gasteiger charge is 2.24. The first kappa shape index (κ1) is 10.8. The smallest absolute Gasteiger partial charge is 0.0376 e. The highest BCUT2D eigenvalue weighted by molar-refractivity contribution is 5.57. The third kappa shape index (κ3) is 2.22. The maximum atomic E-state index is 3.51. The van der Waals surface area contributed by atoms with Crippen molar-refractivity contribution in [2.45, 2.75) is 19.3 Å². The molecule has 1 aromatic carbocycles. The number of rotatable bonds is 2. The molecule has 0 amide bonds. The van der Waals surface area contributed by atoms with Crippen LogP contribution in [0.3, 0.4) is 0 Å². The van der Waals surface area contributed by atoms with E-state index >= 15 is 0 Å². The second kappa shape index (κ2) is 4.53. The Morgan fingerprint density at radius 2 is 2.24 bits per heavy atom. The van der Waals surface area contributed by atoms with Crippen molar-refractivity contribution in [2.75, 3.05) is 31.5 Å². The van der Waals surface area contributed by atoms with E-state index in [1.54, 1.807) is 0 Å². The van der Waals surface area contributed by atoms with Crippen molar-refractivity contribution in [3.05, 3.63) is 41.5 Å². The van der Waals surface area contributed by atoms with Gasteiger partial charge in [-0.3, -0.25) is 4.90 Å². The molecule has 0 radical (unpaired) electrons. The average molecular weight is 228 g/mol. The summed E-state index contributed by atoms with van der Waals surface area (Å²) in [4.78, 5) is 2.59. The topological polar surface area (TPSA) is 15.3 Å². The van der Waals surface area contributed by atoms with Crippen molar-refractivity contribution in [3.63, 3.8) is 0 Å². The van der Waals surface area contributed by atoms with E-state index in [9.17, 15) is 0 Å². The minimum atomic E-state index is 0.664. The first-order valence-electron chi connectivity index (χ1n) is 6.54. The fourth-order valence-electron chi connectivity index (χ4n) is 2.98. The molecule has 0 saturated heterocycles. The van der Waals surface area contributed by atoms with E-state index in [1.807, 2.05) is 0 Å². The van der Waals surface area contributed by atoms with Crippen molar-refractivity contribution in [1.82, 2.24) is 4.90 Å². The second-order valence-corrected chi connectivity index (χ2v) is 5.24. The molecular weight excluding hydrogens is 208 g/mol. The van der Waals surface area contributed by atoms with Gasteiger partial charge in [-0.05, 0) is 25.0 Å². The molecule has 2 heterocycles. The number of hydrogen-bond donors (Lipinski definition) is 1. The Balaban J connectivity index is 1.69. The van der Waals surface area contributed by atoms with Crippen molar-refractivity contribution in [2.24, 2.45) is 0 Å². The Morgan fingerprint density at radius 3 is 3.12 bits per heavy atom. The summed E-state index contributed by atoms with van der Waals surface area (Å²) in [6.45, 7) is 6.90. The van der Waals surface area contributed by atoms with E-state index in [0.29, 0.717) is 5.92 Å². The first-order chi connectivity index (χ1) is 8.33. The number of nitrogens with zero attached hydrogens (tertiary/aromatic N) is 1. The van der Waals surface area contributed by atoms with Gasteiger partial charge in [0.1, 0.15) is 0 Å². The predicted molar refractivity (Wildman–Crippen MR) is 72.5 cm³/mol. The Kier molecular flexibility index (Phi) is 2.89. The summed E-state index contributed by atoms with van der Waals surface area (Å²) in [5.41, 5.74) is 4.36. The highest BCUT2D eigenvalue weighted by atomic mass is 15.1. The molecule has 2 heteroatoms. The van der Waals surface area contributed by atoms with Crippen LogP contribution in [0, 0.1) is 0 Å². The average Bonchev–Trinajstić information content (AvgIpc) is 2.73. The molecule has 0 bridgehead atoms.